The summed E-state index contributed by atoms with van der Waals surface area (Å²) >= 11 is 0. The highest BCUT2D eigenvalue weighted by molar-refractivity contribution is 5.85. The first-order valence-electron chi connectivity index (χ1n) is 10.4. The molecule has 154 valence electrons. The lowest BCUT2D eigenvalue weighted by Gasteiger charge is -2.44. The van der Waals surface area contributed by atoms with E-state index in [0.717, 1.165) is 44.7 Å². The zero-order valence-corrected chi connectivity index (χ0v) is 16.6. The Kier molecular flexibility index (Phi) is 4.61. The summed E-state index contributed by atoms with van der Waals surface area (Å²) in [4.78, 5) is 40.3. The van der Waals surface area contributed by atoms with Crippen molar-refractivity contribution in [2.45, 2.75) is 25.8 Å². The van der Waals surface area contributed by atoms with Crippen LogP contribution in [-0.2, 0) is 9.59 Å². The first-order valence-corrected chi connectivity index (χ1v) is 10.4. The number of piperidine rings is 1. The van der Waals surface area contributed by atoms with Crippen molar-refractivity contribution >= 4 is 29.1 Å². The van der Waals surface area contributed by atoms with Gasteiger partial charge >= 0.3 is 0 Å². The minimum absolute atomic E-state index is 0.00537. The number of aromatic nitrogens is 2. The van der Waals surface area contributed by atoms with E-state index in [1.807, 2.05) is 24.0 Å². The zero-order valence-electron chi connectivity index (χ0n) is 16.6. The number of rotatable bonds is 2. The topological polar surface area (TPSA) is 94.8 Å². The Morgan fingerprint density at radius 2 is 1.97 bits per heavy atom. The van der Waals surface area contributed by atoms with Crippen molar-refractivity contribution in [3.63, 3.8) is 0 Å². The zero-order chi connectivity index (χ0) is 20.0. The molecule has 2 amide bonds. The van der Waals surface area contributed by atoms with Crippen LogP contribution < -0.4 is 10.2 Å². The van der Waals surface area contributed by atoms with Crippen molar-refractivity contribution in [2.75, 3.05) is 50.7 Å². The fourth-order valence-corrected chi connectivity index (χ4v) is 4.59. The summed E-state index contributed by atoms with van der Waals surface area (Å²) in [6.07, 6.45) is 1.53. The molecule has 0 bridgehead atoms. The number of amides is 2. The Morgan fingerprint density at radius 3 is 2.79 bits per heavy atom. The number of hydrogen-bond acceptors (Lipinski definition) is 7. The van der Waals surface area contributed by atoms with E-state index >= 15 is 0 Å². The molecule has 3 aliphatic rings. The number of hydrogen-bond donors (Lipinski definition) is 1. The third-order valence-corrected chi connectivity index (χ3v) is 6.30. The summed E-state index contributed by atoms with van der Waals surface area (Å²) in [5.74, 6) is 0.218. The van der Waals surface area contributed by atoms with Crippen LogP contribution in [0.5, 0.6) is 0 Å². The highest BCUT2D eigenvalue weighted by atomic mass is 16.4. The number of fused-ring (bicyclic) bond motifs is 2. The largest absolute Gasteiger partial charge is 0.422 e. The SMILES string of the molecule is Cc1ccc2oc(N3CCC(C(=O)N4CCN5CCNC(=O)C5C4)CC3)nc2n1. The summed E-state index contributed by atoms with van der Waals surface area (Å²) in [5, 5.41) is 2.91. The van der Waals surface area contributed by atoms with Gasteiger partial charge in [-0.1, -0.05) is 0 Å². The van der Waals surface area contributed by atoms with Crippen molar-refractivity contribution < 1.29 is 14.0 Å². The molecule has 0 spiro atoms. The lowest BCUT2D eigenvalue weighted by molar-refractivity contribution is -0.143. The van der Waals surface area contributed by atoms with E-state index in [9.17, 15) is 9.59 Å². The molecule has 3 saturated heterocycles. The second-order valence-electron chi connectivity index (χ2n) is 8.16. The minimum Gasteiger partial charge on any atom is -0.422 e. The smallest absolute Gasteiger partial charge is 0.299 e. The normalized spacial score (nSPS) is 23.9. The molecule has 9 nitrogen and oxygen atoms in total. The van der Waals surface area contributed by atoms with Crippen LogP contribution in [0.1, 0.15) is 18.5 Å². The number of carbonyl (C=O) groups excluding carboxylic acids is 2. The summed E-state index contributed by atoms with van der Waals surface area (Å²) in [6, 6.07) is 4.19. The van der Waals surface area contributed by atoms with Crippen LogP contribution in [0.15, 0.2) is 16.5 Å². The van der Waals surface area contributed by atoms with Crippen molar-refractivity contribution in [2.24, 2.45) is 5.92 Å². The van der Waals surface area contributed by atoms with Crippen LogP contribution in [0.3, 0.4) is 0 Å². The molecule has 2 aromatic heterocycles. The number of nitrogens with one attached hydrogen (secondary N) is 1. The molecule has 0 radical (unpaired) electrons. The quantitative estimate of drug-likeness (QED) is 0.782. The van der Waals surface area contributed by atoms with Gasteiger partial charge in [-0.2, -0.15) is 4.98 Å². The Morgan fingerprint density at radius 1 is 1.14 bits per heavy atom. The van der Waals surface area contributed by atoms with E-state index in [2.05, 4.69) is 25.1 Å². The van der Waals surface area contributed by atoms with Gasteiger partial charge < -0.3 is 19.5 Å². The van der Waals surface area contributed by atoms with Gasteiger partial charge in [-0.3, -0.25) is 14.5 Å². The molecule has 29 heavy (non-hydrogen) atoms. The molecule has 2 aromatic rings. The molecule has 9 heteroatoms. The molecule has 3 fully saturated rings. The van der Waals surface area contributed by atoms with Crippen LogP contribution in [0, 0.1) is 12.8 Å². The average Bonchev–Trinajstić information content (AvgIpc) is 3.17. The van der Waals surface area contributed by atoms with Crippen molar-refractivity contribution in [1.29, 1.82) is 0 Å². The molecular formula is C20H26N6O3. The van der Waals surface area contributed by atoms with Crippen LogP contribution in [0.4, 0.5) is 6.01 Å². The molecule has 5 heterocycles. The van der Waals surface area contributed by atoms with Gasteiger partial charge in [-0.05, 0) is 31.9 Å². The number of carbonyl (C=O) groups is 2. The minimum atomic E-state index is -0.197. The maximum Gasteiger partial charge on any atom is 0.299 e. The number of anilines is 1. The van der Waals surface area contributed by atoms with Crippen molar-refractivity contribution in [3.05, 3.63) is 17.8 Å². The van der Waals surface area contributed by atoms with E-state index in [0.29, 0.717) is 36.9 Å². The van der Waals surface area contributed by atoms with Crippen LogP contribution in [0.25, 0.3) is 11.2 Å². The Labute approximate surface area is 169 Å². The number of aryl methyl sites for hydroxylation is 1. The maximum absolute atomic E-state index is 13.1. The third-order valence-electron chi connectivity index (χ3n) is 6.30. The van der Waals surface area contributed by atoms with Crippen molar-refractivity contribution in [3.8, 4) is 0 Å². The Bertz CT molecular complexity index is 935. The van der Waals surface area contributed by atoms with Gasteiger partial charge in [0.15, 0.2) is 5.58 Å². The van der Waals surface area contributed by atoms with Crippen LogP contribution >= 0.6 is 0 Å². The molecule has 1 N–H and O–H groups in total. The standard InChI is InChI=1S/C20H26N6O3/c1-13-2-3-16-17(22-13)23-20(29-16)25-7-4-14(5-8-25)19(28)26-11-10-24-9-6-21-18(27)15(24)12-26/h2-3,14-15H,4-12H2,1H3,(H,21,27). The van der Waals surface area contributed by atoms with Gasteiger partial charge in [0.1, 0.15) is 6.04 Å². The van der Waals surface area contributed by atoms with Gasteiger partial charge in [0.2, 0.25) is 17.5 Å². The third kappa shape index (κ3) is 3.43. The first kappa shape index (κ1) is 18.4. The molecule has 0 saturated carbocycles. The van der Waals surface area contributed by atoms with Crippen LogP contribution in [-0.4, -0.2) is 83.4 Å². The monoisotopic (exact) mass is 398 g/mol. The summed E-state index contributed by atoms with van der Waals surface area (Å²) in [6.45, 7) is 6.94. The second-order valence-corrected chi connectivity index (χ2v) is 8.16. The van der Waals surface area contributed by atoms with Crippen LogP contribution in [0.2, 0.25) is 0 Å². The summed E-state index contributed by atoms with van der Waals surface area (Å²) < 4.78 is 5.85. The van der Waals surface area contributed by atoms with E-state index in [1.165, 1.54) is 0 Å². The fourth-order valence-electron chi connectivity index (χ4n) is 4.59. The first-order chi connectivity index (χ1) is 14.1. The van der Waals surface area contributed by atoms with E-state index in [1.54, 1.807) is 0 Å². The van der Waals surface area contributed by atoms with Gasteiger partial charge in [0.05, 0.1) is 0 Å². The fraction of sp³-hybridized carbons (Fsp3) is 0.600. The molecule has 1 unspecified atom stereocenters. The summed E-state index contributed by atoms with van der Waals surface area (Å²) in [5.41, 5.74) is 2.22. The Balaban J connectivity index is 1.21. The van der Waals surface area contributed by atoms with Crippen molar-refractivity contribution in [1.82, 2.24) is 25.1 Å². The van der Waals surface area contributed by atoms with Gasteiger partial charge in [0.25, 0.3) is 6.01 Å². The van der Waals surface area contributed by atoms with E-state index in [-0.39, 0.29) is 23.8 Å². The average molecular weight is 398 g/mol. The Hall–Kier alpha value is -2.68. The maximum atomic E-state index is 13.1. The lowest BCUT2D eigenvalue weighted by Crippen LogP contribution is -2.65. The van der Waals surface area contributed by atoms with Gasteiger partial charge in [0, 0.05) is 57.4 Å². The number of oxazole rings is 1. The highest BCUT2D eigenvalue weighted by Crippen LogP contribution is 2.27. The molecule has 0 aromatic carbocycles. The molecular weight excluding hydrogens is 372 g/mol. The molecule has 1 atom stereocenters. The number of pyridine rings is 1. The summed E-state index contributed by atoms with van der Waals surface area (Å²) in [7, 11) is 0. The second kappa shape index (κ2) is 7.29. The number of piperazine rings is 2. The predicted octanol–water partition coefficient (Wildman–Crippen LogP) is 0.390. The predicted molar refractivity (Wildman–Crippen MR) is 106 cm³/mol. The molecule has 0 aliphatic carbocycles. The lowest BCUT2D eigenvalue weighted by atomic mass is 9.94. The van der Waals surface area contributed by atoms with Gasteiger partial charge in [-0.15, -0.1) is 0 Å². The number of nitrogens with zero attached hydrogens (tertiary/aromatic N) is 5. The van der Waals surface area contributed by atoms with E-state index < -0.39 is 0 Å². The molecule has 3 aliphatic heterocycles. The highest BCUT2D eigenvalue weighted by Gasteiger charge is 2.38. The van der Waals surface area contributed by atoms with E-state index in [4.69, 9.17) is 4.42 Å². The molecule has 5 rings (SSSR count). The van der Waals surface area contributed by atoms with Gasteiger partial charge in [-0.25, -0.2) is 4.98 Å².